The molecule has 2 atom stereocenters. The zero-order chi connectivity index (χ0) is 13.8. The van der Waals surface area contributed by atoms with Gasteiger partial charge in [-0.1, -0.05) is 13.8 Å². The maximum absolute atomic E-state index is 11.8. The number of ether oxygens (including phenoxy) is 1. The first-order valence-electron chi connectivity index (χ1n) is 6.90. The monoisotopic (exact) mass is 267 g/mol. The van der Waals surface area contributed by atoms with Crippen LogP contribution < -0.4 is 11.0 Å². The number of aliphatic hydroxyl groups excluding tert-OH is 1. The standard InChI is InChI=1S/C11H15N3O3.C2H6/c15-6-8-1-2-9(17-8)14-5-7-3-4-12-10(7)13-11(14)16;1-2/h5,8-9,15H,1-4,6H2,(H,12,13,16);1-2H3/t8?,9-;/m1./s1. The number of nitrogens with zero attached hydrogens (tertiary/aromatic N) is 2. The second-order valence-electron chi connectivity index (χ2n) is 4.45. The maximum Gasteiger partial charge on any atom is 0.351 e. The number of hydrogen-bond donors (Lipinski definition) is 2. The smallest absolute Gasteiger partial charge is 0.351 e. The lowest BCUT2D eigenvalue weighted by molar-refractivity contribution is -0.0246. The number of nitrogens with one attached hydrogen (secondary N) is 1. The van der Waals surface area contributed by atoms with Crippen molar-refractivity contribution in [2.24, 2.45) is 0 Å². The molecule has 1 fully saturated rings. The van der Waals surface area contributed by atoms with Crippen molar-refractivity contribution in [3.63, 3.8) is 0 Å². The normalized spacial score (nSPS) is 24.4. The van der Waals surface area contributed by atoms with Crippen molar-refractivity contribution in [2.75, 3.05) is 18.5 Å². The molecule has 0 saturated carbocycles. The Hall–Kier alpha value is -1.40. The van der Waals surface area contributed by atoms with Crippen LogP contribution in [-0.2, 0) is 11.2 Å². The van der Waals surface area contributed by atoms with E-state index in [1.807, 2.05) is 20.0 Å². The van der Waals surface area contributed by atoms with Gasteiger partial charge in [-0.05, 0) is 19.3 Å². The van der Waals surface area contributed by atoms with Crippen LogP contribution in [0.15, 0.2) is 11.0 Å². The van der Waals surface area contributed by atoms with Gasteiger partial charge in [-0.25, -0.2) is 4.79 Å². The molecule has 19 heavy (non-hydrogen) atoms. The Labute approximate surface area is 112 Å². The number of hydrogen-bond acceptors (Lipinski definition) is 5. The van der Waals surface area contributed by atoms with Crippen LogP contribution in [0.3, 0.4) is 0 Å². The van der Waals surface area contributed by atoms with Crippen LogP contribution in [0.5, 0.6) is 0 Å². The van der Waals surface area contributed by atoms with Gasteiger partial charge in [0.25, 0.3) is 0 Å². The number of fused-ring (bicyclic) bond motifs is 1. The van der Waals surface area contributed by atoms with Gasteiger partial charge in [0.05, 0.1) is 12.7 Å². The molecule has 0 amide bonds. The molecule has 1 aromatic rings. The van der Waals surface area contributed by atoms with E-state index in [4.69, 9.17) is 9.84 Å². The van der Waals surface area contributed by atoms with E-state index in [0.29, 0.717) is 5.82 Å². The molecule has 0 aliphatic carbocycles. The van der Waals surface area contributed by atoms with Crippen molar-refractivity contribution >= 4 is 5.82 Å². The van der Waals surface area contributed by atoms with Crippen LogP contribution in [0.4, 0.5) is 5.82 Å². The van der Waals surface area contributed by atoms with Crippen LogP contribution in [-0.4, -0.2) is 33.9 Å². The van der Waals surface area contributed by atoms with Crippen molar-refractivity contribution in [3.8, 4) is 0 Å². The Balaban J connectivity index is 0.000000637. The van der Waals surface area contributed by atoms with Crippen LogP contribution in [0.25, 0.3) is 0 Å². The number of aromatic nitrogens is 2. The van der Waals surface area contributed by atoms with Crippen molar-refractivity contribution in [3.05, 3.63) is 22.2 Å². The molecular weight excluding hydrogens is 246 g/mol. The first kappa shape index (κ1) is 14.0. The minimum Gasteiger partial charge on any atom is -0.394 e. The lowest BCUT2D eigenvalue weighted by Gasteiger charge is -2.15. The Morgan fingerprint density at radius 1 is 1.53 bits per heavy atom. The zero-order valence-corrected chi connectivity index (χ0v) is 11.4. The lowest BCUT2D eigenvalue weighted by Crippen LogP contribution is -2.28. The third-order valence-electron chi connectivity index (χ3n) is 3.31. The maximum atomic E-state index is 11.8. The average Bonchev–Trinajstić information content (AvgIpc) is 3.07. The summed E-state index contributed by atoms with van der Waals surface area (Å²) in [6.45, 7) is 4.84. The van der Waals surface area contributed by atoms with E-state index in [1.54, 1.807) is 4.57 Å². The summed E-state index contributed by atoms with van der Waals surface area (Å²) in [5.74, 6) is 0.697. The largest absolute Gasteiger partial charge is 0.394 e. The van der Waals surface area contributed by atoms with Gasteiger partial charge in [0, 0.05) is 18.3 Å². The Morgan fingerprint density at radius 3 is 3.00 bits per heavy atom. The fourth-order valence-electron chi connectivity index (χ4n) is 2.39. The van der Waals surface area contributed by atoms with Gasteiger partial charge in [-0.3, -0.25) is 4.57 Å². The van der Waals surface area contributed by atoms with Crippen LogP contribution in [0.1, 0.15) is 38.5 Å². The second kappa shape index (κ2) is 6.16. The highest BCUT2D eigenvalue weighted by Gasteiger charge is 2.27. The molecule has 1 unspecified atom stereocenters. The predicted molar refractivity (Wildman–Crippen MR) is 72.3 cm³/mol. The third-order valence-corrected chi connectivity index (χ3v) is 3.31. The highest BCUT2D eigenvalue weighted by molar-refractivity contribution is 5.47. The van der Waals surface area contributed by atoms with Gasteiger partial charge in [0.2, 0.25) is 0 Å². The first-order chi connectivity index (χ1) is 9.28. The molecule has 6 nitrogen and oxygen atoms in total. The van der Waals surface area contributed by atoms with E-state index in [0.717, 1.165) is 31.4 Å². The molecule has 0 aromatic carbocycles. The van der Waals surface area contributed by atoms with Gasteiger partial charge >= 0.3 is 5.69 Å². The molecule has 6 heteroatoms. The SMILES string of the molecule is CC.O=c1nc2c(cn1[C@H]1CCC(CO)O1)CCN2. The van der Waals surface area contributed by atoms with Crippen LogP contribution in [0, 0.1) is 0 Å². The van der Waals surface area contributed by atoms with E-state index in [9.17, 15) is 4.79 Å². The molecule has 106 valence electrons. The van der Waals surface area contributed by atoms with Crippen molar-refractivity contribution < 1.29 is 9.84 Å². The van der Waals surface area contributed by atoms with Gasteiger partial charge in [0.1, 0.15) is 12.0 Å². The second-order valence-corrected chi connectivity index (χ2v) is 4.45. The van der Waals surface area contributed by atoms with Gasteiger partial charge in [-0.15, -0.1) is 0 Å². The topological polar surface area (TPSA) is 76.4 Å². The van der Waals surface area contributed by atoms with E-state index >= 15 is 0 Å². The number of aliphatic hydroxyl groups is 1. The summed E-state index contributed by atoms with van der Waals surface area (Å²) >= 11 is 0. The molecule has 2 N–H and O–H groups in total. The first-order valence-corrected chi connectivity index (χ1v) is 6.90. The quantitative estimate of drug-likeness (QED) is 0.833. The summed E-state index contributed by atoms with van der Waals surface area (Å²) in [5.41, 5.74) is 0.766. The Kier molecular flexibility index (Phi) is 4.55. The van der Waals surface area contributed by atoms with Crippen molar-refractivity contribution in [1.82, 2.24) is 9.55 Å². The van der Waals surface area contributed by atoms with Gasteiger partial charge in [-0.2, -0.15) is 4.98 Å². The zero-order valence-electron chi connectivity index (χ0n) is 11.4. The summed E-state index contributed by atoms with van der Waals surface area (Å²) in [6, 6.07) is 0. The van der Waals surface area contributed by atoms with Gasteiger partial charge < -0.3 is 15.2 Å². The minimum absolute atomic E-state index is 0.00513. The van der Waals surface area contributed by atoms with Gasteiger partial charge in [0.15, 0.2) is 0 Å². The summed E-state index contributed by atoms with van der Waals surface area (Å²) in [7, 11) is 0. The van der Waals surface area contributed by atoms with E-state index in [1.165, 1.54) is 0 Å². The molecule has 2 aliphatic rings. The molecule has 0 bridgehead atoms. The van der Waals surface area contributed by atoms with Crippen LogP contribution in [0.2, 0.25) is 0 Å². The summed E-state index contributed by atoms with van der Waals surface area (Å²) in [4.78, 5) is 15.8. The predicted octanol–water partition coefficient (Wildman–Crippen LogP) is 0.907. The molecule has 0 spiro atoms. The van der Waals surface area contributed by atoms with Crippen molar-refractivity contribution in [2.45, 2.75) is 45.4 Å². The van der Waals surface area contributed by atoms with Crippen molar-refractivity contribution in [1.29, 1.82) is 0 Å². The highest BCUT2D eigenvalue weighted by atomic mass is 16.5. The van der Waals surface area contributed by atoms with E-state index in [-0.39, 0.29) is 24.6 Å². The van der Waals surface area contributed by atoms with E-state index in [2.05, 4.69) is 10.3 Å². The third kappa shape index (κ3) is 2.79. The minimum atomic E-state index is -0.290. The molecule has 0 radical (unpaired) electrons. The number of anilines is 1. The lowest BCUT2D eigenvalue weighted by atomic mass is 10.2. The molecule has 1 saturated heterocycles. The Morgan fingerprint density at radius 2 is 2.32 bits per heavy atom. The fourth-order valence-corrected chi connectivity index (χ4v) is 2.39. The summed E-state index contributed by atoms with van der Waals surface area (Å²) in [5, 5.41) is 12.1. The molecule has 3 heterocycles. The molecule has 2 aliphatic heterocycles. The number of rotatable bonds is 2. The molecule has 3 rings (SSSR count). The fraction of sp³-hybridized carbons (Fsp3) is 0.692. The summed E-state index contributed by atoms with van der Waals surface area (Å²) < 4.78 is 7.13. The summed E-state index contributed by atoms with van der Waals surface area (Å²) in [6.07, 6.45) is 3.81. The van der Waals surface area contributed by atoms with Crippen LogP contribution >= 0.6 is 0 Å². The van der Waals surface area contributed by atoms with E-state index < -0.39 is 0 Å². The molecular formula is C13H21N3O3. The Bertz CT molecular complexity index is 487. The average molecular weight is 267 g/mol. The highest BCUT2D eigenvalue weighted by Crippen LogP contribution is 2.28. The molecule has 1 aromatic heterocycles.